The van der Waals surface area contributed by atoms with Crippen LogP contribution < -0.4 is 15.0 Å². The maximum Gasteiger partial charge on any atom is 0.416 e. The molecule has 6 nitrogen and oxygen atoms in total. The zero-order valence-corrected chi connectivity index (χ0v) is 19.0. The van der Waals surface area contributed by atoms with Crippen LogP contribution in [0.5, 0.6) is 5.75 Å². The predicted molar refractivity (Wildman–Crippen MR) is 120 cm³/mol. The third-order valence-electron chi connectivity index (χ3n) is 6.45. The minimum Gasteiger partial charge on any atom is -0.497 e. The maximum atomic E-state index is 14.1. The Morgan fingerprint density at radius 1 is 1.18 bits per heavy atom. The number of alkyl halides is 3. The fourth-order valence-corrected chi connectivity index (χ4v) is 4.86. The lowest BCUT2D eigenvalue weighted by atomic mass is 9.86. The fourth-order valence-electron chi connectivity index (χ4n) is 4.86. The number of hydrogen-bond donors (Lipinski definition) is 1. The minimum absolute atomic E-state index is 0.0248. The molecule has 0 saturated carbocycles. The quantitative estimate of drug-likeness (QED) is 0.659. The van der Waals surface area contributed by atoms with E-state index in [-0.39, 0.29) is 30.3 Å². The highest BCUT2D eigenvalue weighted by atomic mass is 19.4. The molecule has 2 aromatic rings. The van der Waals surface area contributed by atoms with Crippen molar-refractivity contribution in [3.63, 3.8) is 0 Å². The number of fused-ring (bicyclic) bond motifs is 1. The van der Waals surface area contributed by atoms with E-state index in [1.165, 1.54) is 25.0 Å². The third kappa shape index (κ3) is 4.89. The van der Waals surface area contributed by atoms with Crippen molar-refractivity contribution in [2.45, 2.75) is 50.4 Å². The normalized spacial score (nSPS) is 22.8. The molecule has 2 aliphatic rings. The van der Waals surface area contributed by atoms with Gasteiger partial charge >= 0.3 is 12.1 Å². The Hall–Kier alpha value is -3.07. The van der Waals surface area contributed by atoms with Gasteiger partial charge in [0.2, 0.25) is 0 Å². The van der Waals surface area contributed by atoms with Crippen molar-refractivity contribution in [2.75, 3.05) is 25.1 Å². The van der Waals surface area contributed by atoms with Crippen molar-refractivity contribution in [1.82, 2.24) is 5.32 Å². The number of methoxy groups -OCH3 is 1. The van der Waals surface area contributed by atoms with E-state index in [9.17, 15) is 22.8 Å². The first-order valence-electron chi connectivity index (χ1n) is 11.2. The topological polar surface area (TPSA) is 67.9 Å². The van der Waals surface area contributed by atoms with E-state index in [4.69, 9.17) is 9.47 Å². The van der Waals surface area contributed by atoms with E-state index in [1.807, 2.05) is 0 Å². The summed E-state index contributed by atoms with van der Waals surface area (Å²) >= 11 is 0. The van der Waals surface area contributed by atoms with Gasteiger partial charge < -0.3 is 19.7 Å². The highest BCUT2D eigenvalue weighted by molar-refractivity contribution is 6.00. The van der Waals surface area contributed by atoms with Gasteiger partial charge in [0.05, 0.1) is 12.7 Å². The lowest BCUT2D eigenvalue weighted by molar-refractivity contribution is -0.154. The third-order valence-corrected chi connectivity index (χ3v) is 6.45. The van der Waals surface area contributed by atoms with Crippen molar-refractivity contribution in [3.8, 4) is 5.75 Å². The molecule has 182 valence electrons. The standard InChI is InChI=1S/C25H27F3N2O4/c1-15(31)34-23-19(16-8-10-18(33-2)11-9-16)13-20-21(25(26,27)28)6-3-7-22(20)30(24(23)32)14-17-5-4-12-29-17/h3,6-11,17,19,23,29H,4-5,12-14H2,1-2H3/t17-,19+,23-/m1/s1. The Labute approximate surface area is 196 Å². The van der Waals surface area contributed by atoms with Crippen LogP contribution in [0, 0.1) is 0 Å². The highest BCUT2D eigenvalue weighted by Crippen LogP contribution is 2.43. The van der Waals surface area contributed by atoms with Gasteiger partial charge in [-0.05, 0) is 61.2 Å². The van der Waals surface area contributed by atoms with Crippen molar-refractivity contribution < 1.29 is 32.2 Å². The molecule has 0 unspecified atom stereocenters. The summed E-state index contributed by atoms with van der Waals surface area (Å²) in [5.41, 5.74) is 0.0341. The zero-order chi connectivity index (χ0) is 24.5. The Morgan fingerprint density at radius 2 is 1.91 bits per heavy atom. The van der Waals surface area contributed by atoms with Gasteiger partial charge in [-0.2, -0.15) is 13.2 Å². The average Bonchev–Trinajstić information content (AvgIpc) is 3.28. The molecule has 0 aromatic heterocycles. The summed E-state index contributed by atoms with van der Waals surface area (Å²) in [6.45, 7) is 2.17. The van der Waals surface area contributed by atoms with Crippen LogP contribution in [0.25, 0.3) is 0 Å². The molecule has 1 saturated heterocycles. The van der Waals surface area contributed by atoms with Crippen LogP contribution in [0.3, 0.4) is 0 Å². The number of carbonyl (C=O) groups is 2. The van der Waals surface area contributed by atoms with Gasteiger partial charge in [0, 0.05) is 31.1 Å². The van der Waals surface area contributed by atoms with Gasteiger partial charge in [0.15, 0.2) is 6.10 Å². The number of carbonyl (C=O) groups excluding carboxylic acids is 2. The molecular formula is C25H27F3N2O4. The summed E-state index contributed by atoms with van der Waals surface area (Å²) in [4.78, 5) is 27.2. The number of hydrogen-bond acceptors (Lipinski definition) is 5. The summed E-state index contributed by atoms with van der Waals surface area (Å²) in [6, 6.07) is 10.6. The van der Waals surface area contributed by atoms with Crippen molar-refractivity contribution in [1.29, 1.82) is 0 Å². The van der Waals surface area contributed by atoms with Crippen LogP contribution >= 0.6 is 0 Å². The summed E-state index contributed by atoms with van der Waals surface area (Å²) in [6.07, 6.45) is -4.25. The first-order chi connectivity index (χ1) is 16.2. The molecule has 9 heteroatoms. The van der Waals surface area contributed by atoms with Gasteiger partial charge in [-0.25, -0.2) is 0 Å². The SMILES string of the molecule is COc1ccc([C@@H]2Cc3c(cccc3C(F)(F)F)N(C[C@H]3CCCN3)C(=O)[C@@H]2OC(C)=O)cc1. The molecule has 3 atom stereocenters. The Bertz CT molecular complexity index is 1050. The second-order valence-corrected chi connectivity index (χ2v) is 8.66. The highest BCUT2D eigenvalue weighted by Gasteiger charge is 2.44. The fraction of sp³-hybridized carbons (Fsp3) is 0.440. The molecule has 2 aromatic carbocycles. The Morgan fingerprint density at radius 3 is 2.50 bits per heavy atom. The number of halogens is 3. The van der Waals surface area contributed by atoms with E-state index >= 15 is 0 Å². The van der Waals surface area contributed by atoms with Crippen molar-refractivity contribution in [3.05, 3.63) is 59.2 Å². The van der Waals surface area contributed by atoms with Crippen LogP contribution in [-0.4, -0.2) is 44.2 Å². The summed E-state index contributed by atoms with van der Waals surface area (Å²) in [5.74, 6) is -1.43. The number of nitrogens with one attached hydrogen (secondary N) is 1. The van der Waals surface area contributed by atoms with Crippen LogP contribution in [0.15, 0.2) is 42.5 Å². The van der Waals surface area contributed by atoms with E-state index in [2.05, 4.69) is 5.32 Å². The average molecular weight is 476 g/mol. The summed E-state index contributed by atoms with van der Waals surface area (Å²) < 4.78 is 52.9. The minimum atomic E-state index is -4.60. The lowest BCUT2D eigenvalue weighted by Gasteiger charge is -2.30. The molecule has 34 heavy (non-hydrogen) atoms. The monoisotopic (exact) mass is 476 g/mol. The molecule has 0 bridgehead atoms. The smallest absolute Gasteiger partial charge is 0.416 e. The van der Waals surface area contributed by atoms with Gasteiger partial charge in [-0.1, -0.05) is 18.2 Å². The van der Waals surface area contributed by atoms with E-state index < -0.39 is 35.6 Å². The number of anilines is 1. The van der Waals surface area contributed by atoms with Gasteiger partial charge in [-0.3, -0.25) is 9.59 Å². The number of amides is 1. The largest absolute Gasteiger partial charge is 0.497 e. The zero-order valence-electron chi connectivity index (χ0n) is 19.0. The molecular weight excluding hydrogens is 449 g/mol. The summed E-state index contributed by atoms with van der Waals surface area (Å²) in [7, 11) is 1.51. The van der Waals surface area contributed by atoms with Crippen LogP contribution in [0.4, 0.5) is 18.9 Å². The Balaban J connectivity index is 1.87. The lowest BCUT2D eigenvalue weighted by Crippen LogP contribution is -2.47. The molecule has 2 aliphatic heterocycles. The number of benzene rings is 2. The number of esters is 1. The van der Waals surface area contributed by atoms with Crippen LogP contribution in [0.2, 0.25) is 0 Å². The second kappa shape index (κ2) is 9.66. The number of nitrogens with zero attached hydrogens (tertiary/aromatic N) is 1. The predicted octanol–water partition coefficient (Wildman–Crippen LogP) is 4.07. The van der Waals surface area contributed by atoms with Gasteiger partial charge in [0.1, 0.15) is 5.75 Å². The molecule has 4 rings (SSSR count). The van der Waals surface area contributed by atoms with E-state index in [0.717, 1.165) is 25.5 Å². The Kier molecular flexibility index (Phi) is 6.84. The van der Waals surface area contributed by atoms with Gasteiger partial charge in [-0.15, -0.1) is 0 Å². The molecule has 0 radical (unpaired) electrons. The maximum absolute atomic E-state index is 14.1. The van der Waals surface area contributed by atoms with Crippen LogP contribution in [-0.2, 0) is 26.9 Å². The number of rotatable bonds is 5. The van der Waals surface area contributed by atoms with E-state index in [0.29, 0.717) is 11.3 Å². The van der Waals surface area contributed by atoms with Crippen LogP contribution in [0.1, 0.15) is 42.4 Å². The van der Waals surface area contributed by atoms with Gasteiger partial charge in [0.25, 0.3) is 5.91 Å². The molecule has 2 heterocycles. The molecule has 0 spiro atoms. The molecule has 1 N–H and O–H groups in total. The van der Waals surface area contributed by atoms with E-state index in [1.54, 1.807) is 30.3 Å². The number of ether oxygens (including phenoxy) is 2. The first-order valence-corrected chi connectivity index (χ1v) is 11.2. The first kappa shape index (κ1) is 24.1. The molecule has 1 fully saturated rings. The molecule has 1 amide bonds. The molecule has 0 aliphatic carbocycles. The van der Waals surface area contributed by atoms with Crippen molar-refractivity contribution in [2.24, 2.45) is 0 Å². The second-order valence-electron chi connectivity index (χ2n) is 8.66. The van der Waals surface area contributed by atoms with Crippen molar-refractivity contribution >= 4 is 17.6 Å². The summed E-state index contributed by atoms with van der Waals surface area (Å²) in [5, 5.41) is 3.29.